The molecule has 1 spiro atoms. The van der Waals surface area contributed by atoms with E-state index < -0.39 is 0 Å². The fourth-order valence-corrected chi connectivity index (χ4v) is 5.06. The molecule has 0 N–H and O–H groups in total. The molecule has 4 rings (SSSR count). The molecule has 2 heterocycles. The zero-order chi connectivity index (χ0) is 18.7. The molecule has 3 aliphatic rings. The summed E-state index contributed by atoms with van der Waals surface area (Å²) >= 11 is 0. The van der Waals surface area contributed by atoms with E-state index in [1.165, 1.54) is 12.8 Å². The molecule has 1 aromatic carbocycles. The van der Waals surface area contributed by atoms with Crippen LogP contribution >= 0.6 is 0 Å². The predicted molar refractivity (Wildman–Crippen MR) is 103 cm³/mol. The highest BCUT2D eigenvalue weighted by molar-refractivity contribution is 5.86. The second-order valence-electron chi connectivity index (χ2n) is 8.30. The van der Waals surface area contributed by atoms with Gasteiger partial charge in [0.05, 0.1) is 18.4 Å². The third-order valence-electron chi connectivity index (χ3n) is 6.57. The van der Waals surface area contributed by atoms with Crippen molar-refractivity contribution in [3.8, 4) is 5.75 Å². The zero-order valence-corrected chi connectivity index (χ0v) is 16.1. The van der Waals surface area contributed by atoms with Crippen LogP contribution in [0.4, 0.5) is 0 Å². The van der Waals surface area contributed by atoms with Gasteiger partial charge in [0.15, 0.2) is 0 Å². The van der Waals surface area contributed by atoms with Crippen molar-refractivity contribution < 1.29 is 14.3 Å². The van der Waals surface area contributed by atoms with Crippen LogP contribution in [0, 0.1) is 5.41 Å². The standard InChI is InChI=1S/C22H30N2O3/c25-20(11-16-27-19-9-2-1-3-10-19)23-15-13-22(17-23)12-6-14-24(21(22)26)18-7-4-5-8-18/h1-3,9-10,18H,4-8,11-17H2/t22-/m1/s1. The van der Waals surface area contributed by atoms with Crippen molar-refractivity contribution in [1.82, 2.24) is 9.80 Å². The Hall–Kier alpha value is -2.04. The van der Waals surface area contributed by atoms with Gasteiger partial charge in [0.2, 0.25) is 11.8 Å². The fourth-order valence-electron chi connectivity index (χ4n) is 5.06. The van der Waals surface area contributed by atoms with Crippen LogP contribution in [0.5, 0.6) is 5.75 Å². The van der Waals surface area contributed by atoms with Gasteiger partial charge in [-0.25, -0.2) is 0 Å². The average Bonchev–Trinajstić information content (AvgIpc) is 3.36. The largest absolute Gasteiger partial charge is 0.493 e. The molecule has 1 aliphatic carbocycles. The van der Waals surface area contributed by atoms with Gasteiger partial charge in [0, 0.05) is 25.7 Å². The van der Waals surface area contributed by atoms with Crippen LogP contribution in [0.3, 0.4) is 0 Å². The Morgan fingerprint density at radius 2 is 1.85 bits per heavy atom. The highest BCUT2D eigenvalue weighted by atomic mass is 16.5. The quantitative estimate of drug-likeness (QED) is 0.799. The van der Waals surface area contributed by atoms with Crippen LogP contribution in [0.15, 0.2) is 30.3 Å². The number of likely N-dealkylation sites (tertiary alicyclic amines) is 2. The van der Waals surface area contributed by atoms with E-state index in [0.29, 0.717) is 38.1 Å². The molecule has 5 nitrogen and oxygen atoms in total. The maximum absolute atomic E-state index is 13.3. The maximum Gasteiger partial charge on any atom is 0.230 e. The van der Waals surface area contributed by atoms with Gasteiger partial charge >= 0.3 is 0 Å². The molecule has 3 fully saturated rings. The molecule has 2 amide bonds. The van der Waals surface area contributed by atoms with E-state index in [9.17, 15) is 9.59 Å². The van der Waals surface area contributed by atoms with Crippen LogP contribution in [-0.2, 0) is 9.59 Å². The fraction of sp³-hybridized carbons (Fsp3) is 0.636. The Morgan fingerprint density at radius 3 is 2.63 bits per heavy atom. The zero-order valence-electron chi connectivity index (χ0n) is 16.1. The number of hydrogen-bond acceptors (Lipinski definition) is 3. The van der Waals surface area contributed by atoms with E-state index in [1.807, 2.05) is 35.2 Å². The molecule has 0 bridgehead atoms. The summed E-state index contributed by atoms with van der Waals surface area (Å²) in [6.45, 7) is 2.59. The normalized spacial score (nSPS) is 26.1. The second kappa shape index (κ2) is 7.91. The van der Waals surface area contributed by atoms with Crippen LogP contribution in [0.1, 0.15) is 51.4 Å². The van der Waals surface area contributed by atoms with Crippen molar-refractivity contribution in [3.05, 3.63) is 30.3 Å². The number of nitrogens with zero attached hydrogens (tertiary/aromatic N) is 2. The predicted octanol–water partition coefficient (Wildman–Crippen LogP) is 3.24. The van der Waals surface area contributed by atoms with E-state index in [2.05, 4.69) is 4.90 Å². The highest BCUT2D eigenvalue weighted by Crippen LogP contribution is 2.42. The lowest BCUT2D eigenvalue weighted by Gasteiger charge is -2.42. The van der Waals surface area contributed by atoms with Gasteiger partial charge in [-0.1, -0.05) is 31.0 Å². The number of benzene rings is 1. The summed E-state index contributed by atoms with van der Waals surface area (Å²) in [6.07, 6.45) is 7.98. The first-order valence-corrected chi connectivity index (χ1v) is 10.4. The summed E-state index contributed by atoms with van der Waals surface area (Å²) in [5, 5.41) is 0. The lowest BCUT2D eigenvalue weighted by molar-refractivity contribution is -0.148. The molecule has 146 valence electrons. The number of carbonyl (C=O) groups is 2. The molecule has 1 saturated carbocycles. The Morgan fingerprint density at radius 1 is 1.07 bits per heavy atom. The number of amides is 2. The molecule has 1 atom stereocenters. The molecular formula is C22H30N2O3. The second-order valence-corrected chi connectivity index (χ2v) is 8.30. The van der Waals surface area contributed by atoms with Gasteiger partial charge in [-0.15, -0.1) is 0 Å². The summed E-state index contributed by atoms with van der Waals surface area (Å²) < 4.78 is 5.66. The summed E-state index contributed by atoms with van der Waals surface area (Å²) in [5.41, 5.74) is -0.323. The van der Waals surface area contributed by atoms with Crippen LogP contribution in [0.25, 0.3) is 0 Å². The highest BCUT2D eigenvalue weighted by Gasteiger charge is 2.50. The maximum atomic E-state index is 13.3. The third-order valence-corrected chi connectivity index (χ3v) is 6.57. The van der Waals surface area contributed by atoms with Crippen molar-refractivity contribution in [1.29, 1.82) is 0 Å². The monoisotopic (exact) mass is 370 g/mol. The smallest absolute Gasteiger partial charge is 0.230 e. The van der Waals surface area contributed by atoms with Crippen LogP contribution in [0.2, 0.25) is 0 Å². The van der Waals surface area contributed by atoms with E-state index in [0.717, 1.165) is 44.4 Å². The molecule has 5 heteroatoms. The minimum absolute atomic E-state index is 0.105. The number of carbonyl (C=O) groups excluding carboxylic acids is 2. The molecule has 2 saturated heterocycles. The minimum Gasteiger partial charge on any atom is -0.493 e. The molecule has 0 aromatic heterocycles. The van der Waals surface area contributed by atoms with Gasteiger partial charge in [0.25, 0.3) is 0 Å². The Balaban J connectivity index is 1.31. The third kappa shape index (κ3) is 3.83. The van der Waals surface area contributed by atoms with E-state index in [1.54, 1.807) is 0 Å². The molecule has 0 unspecified atom stereocenters. The molecule has 0 radical (unpaired) electrons. The Kier molecular flexibility index (Phi) is 5.37. The summed E-state index contributed by atoms with van der Waals surface area (Å²) in [4.78, 5) is 29.9. The molecule has 2 aliphatic heterocycles. The van der Waals surface area contributed by atoms with Gasteiger partial charge in [0.1, 0.15) is 5.75 Å². The van der Waals surface area contributed by atoms with Crippen molar-refractivity contribution in [3.63, 3.8) is 0 Å². The van der Waals surface area contributed by atoms with E-state index in [-0.39, 0.29) is 11.3 Å². The topological polar surface area (TPSA) is 49.9 Å². The van der Waals surface area contributed by atoms with Crippen molar-refractivity contribution in [2.75, 3.05) is 26.2 Å². The first-order valence-electron chi connectivity index (χ1n) is 10.4. The Bertz CT molecular complexity index is 671. The number of para-hydroxylation sites is 1. The van der Waals surface area contributed by atoms with E-state index >= 15 is 0 Å². The number of piperidine rings is 1. The lowest BCUT2D eigenvalue weighted by Crippen LogP contribution is -2.53. The Labute approximate surface area is 161 Å². The van der Waals surface area contributed by atoms with Crippen molar-refractivity contribution in [2.45, 2.75) is 57.4 Å². The van der Waals surface area contributed by atoms with Crippen LogP contribution in [-0.4, -0.2) is 53.9 Å². The number of hydrogen-bond donors (Lipinski definition) is 0. The first kappa shape index (κ1) is 18.3. The number of rotatable bonds is 5. The number of ether oxygens (including phenoxy) is 1. The first-order chi connectivity index (χ1) is 13.2. The minimum atomic E-state index is -0.323. The lowest BCUT2D eigenvalue weighted by atomic mass is 9.77. The van der Waals surface area contributed by atoms with Gasteiger partial charge in [-0.3, -0.25) is 9.59 Å². The van der Waals surface area contributed by atoms with Crippen molar-refractivity contribution >= 4 is 11.8 Å². The van der Waals surface area contributed by atoms with Crippen molar-refractivity contribution in [2.24, 2.45) is 5.41 Å². The average molecular weight is 370 g/mol. The van der Waals surface area contributed by atoms with Gasteiger partial charge < -0.3 is 14.5 Å². The SMILES string of the molecule is O=C(CCOc1ccccc1)N1CC[C@]2(CCCN(C3CCCC3)C2=O)C1. The van der Waals surface area contributed by atoms with Gasteiger partial charge in [-0.2, -0.15) is 0 Å². The van der Waals surface area contributed by atoms with Crippen LogP contribution < -0.4 is 4.74 Å². The molecule has 1 aromatic rings. The molecule has 27 heavy (non-hydrogen) atoms. The molecular weight excluding hydrogens is 340 g/mol. The van der Waals surface area contributed by atoms with E-state index in [4.69, 9.17) is 4.74 Å². The summed E-state index contributed by atoms with van der Waals surface area (Å²) in [5.74, 6) is 1.21. The van der Waals surface area contributed by atoms with Gasteiger partial charge in [-0.05, 0) is 44.2 Å². The summed E-state index contributed by atoms with van der Waals surface area (Å²) in [7, 11) is 0. The summed E-state index contributed by atoms with van der Waals surface area (Å²) in [6, 6.07) is 10.0.